The molecular formula is C22H34N2O2. The van der Waals surface area contributed by atoms with E-state index in [1.54, 1.807) is 0 Å². The first-order valence-corrected chi connectivity index (χ1v) is 9.94. The highest BCUT2D eigenvalue weighted by molar-refractivity contribution is 6.18. The Morgan fingerprint density at radius 1 is 1.31 bits per heavy atom. The third-order valence-corrected chi connectivity index (χ3v) is 5.42. The first-order chi connectivity index (χ1) is 12.5. The van der Waals surface area contributed by atoms with Crippen molar-refractivity contribution in [3.8, 4) is 5.75 Å². The Kier molecular flexibility index (Phi) is 7.70. The first kappa shape index (κ1) is 20.5. The van der Waals surface area contributed by atoms with Gasteiger partial charge in [0.15, 0.2) is 0 Å². The zero-order chi connectivity index (χ0) is 19.1. The van der Waals surface area contributed by atoms with Gasteiger partial charge in [-0.25, -0.2) is 0 Å². The normalized spacial score (nSPS) is 21.1. The lowest BCUT2D eigenvalue weighted by atomic mass is 9.90. The maximum Gasteiger partial charge on any atom is 0.253 e. The summed E-state index contributed by atoms with van der Waals surface area (Å²) in [7, 11) is 1.88. The van der Waals surface area contributed by atoms with Gasteiger partial charge in [0.05, 0.1) is 6.10 Å². The molecule has 1 aromatic rings. The zero-order valence-corrected chi connectivity index (χ0v) is 16.5. The van der Waals surface area contributed by atoms with Crippen LogP contribution in [0, 0.1) is 0 Å². The Balaban J connectivity index is 2.04. The fourth-order valence-electron chi connectivity index (χ4n) is 3.61. The second-order valence-electron chi connectivity index (χ2n) is 7.43. The van der Waals surface area contributed by atoms with Crippen molar-refractivity contribution in [2.75, 3.05) is 7.05 Å². The summed E-state index contributed by atoms with van der Waals surface area (Å²) < 4.78 is 6.08. The number of carbonyl (C=O) groups is 1. The highest BCUT2D eigenvalue weighted by Crippen LogP contribution is 2.26. The minimum absolute atomic E-state index is 0.0109. The van der Waals surface area contributed by atoms with Crippen LogP contribution in [0.1, 0.15) is 64.4 Å². The van der Waals surface area contributed by atoms with Crippen LogP contribution in [0.15, 0.2) is 30.8 Å². The fraction of sp³-hybridized carbons (Fsp3) is 0.591. The minimum Gasteiger partial charge on any atom is -0.490 e. The zero-order valence-electron chi connectivity index (χ0n) is 16.5. The van der Waals surface area contributed by atoms with E-state index in [0.29, 0.717) is 5.57 Å². The van der Waals surface area contributed by atoms with Gasteiger partial charge in [-0.15, -0.1) is 0 Å². The molecule has 4 heteroatoms. The van der Waals surface area contributed by atoms with Crippen molar-refractivity contribution in [3.63, 3.8) is 0 Å². The summed E-state index contributed by atoms with van der Waals surface area (Å²) in [5.74, 6) is 0.797. The number of benzene rings is 1. The van der Waals surface area contributed by atoms with Crippen molar-refractivity contribution in [1.29, 1.82) is 0 Å². The standard InChI is InChI=1S/C22H34N2O2/c1-5-8-20(6-2)26-21-10-7-9-17(15-21)16(3)22(25)24(4)19-13-11-18(23)12-14-19/h7,9-10,15,18-20H,3,5-6,8,11-14,23H2,1-2,4H3. The van der Waals surface area contributed by atoms with E-state index in [0.717, 1.165) is 56.3 Å². The summed E-state index contributed by atoms with van der Waals surface area (Å²) >= 11 is 0. The molecule has 1 unspecified atom stereocenters. The van der Waals surface area contributed by atoms with Crippen molar-refractivity contribution in [3.05, 3.63) is 36.4 Å². The van der Waals surface area contributed by atoms with E-state index in [4.69, 9.17) is 10.5 Å². The number of nitrogens with two attached hydrogens (primary N) is 1. The van der Waals surface area contributed by atoms with Crippen LogP contribution in [0.2, 0.25) is 0 Å². The molecule has 0 spiro atoms. The Labute approximate surface area is 158 Å². The van der Waals surface area contributed by atoms with Gasteiger partial charge in [-0.1, -0.05) is 39.0 Å². The number of rotatable bonds is 8. The SMILES string of the molecule is C=C(C(=O)N(C)C1CCC(N)CC1)c1cccc(OC(CC)CCC)c1. The first-order valence-electron chi connectivity index (χ1n) is 9.94. The van der Waals surface area contributed by atoms with Crippen molar-refractivity contribution >= 4 is 11.5 Å². The van der Waals surface area contributed by atoms with Gasteiger partial charge < -0.3 is 15.4 Å². The lowest BCUT2D eigenvalue weighted by Crippen LogP contribution is -2.42. The summed E-state index contributed by atoms with van der Waals surface area (Å²) in [5.41, 5.74) is 7.33. The van der Waals surface area contributed by atoms with Crippen molar-refractivity contribution in [2.45, 2.75) is 77.0 Å². The number of nitrogens with zero attached hydrogens (tertiary/aromatic N) is 1. The second kappa shape index (κ2) is 9.77. The number of likely N-dealkylation sites (N-methyl/N-ethyl adjacent to an activating group) is 1. The molecule has 1 amide bonds. The number of amides is 1. The van der Waals surface area contributed by atoms with E-state index in [1.165, 1.54) is 0 Å². The molecular weight excluding hydrogens is 324 g/mol. The molecule has 26 heavy (non-hydrogen) atoms. The van der Waals surface area contributed by atoms with Gasteiger partial charge in [-0.05, 0) is 56.2 Å². The molecule has 0 radical (unpaired) electrons. The molecule has 0 saturated heterocycles. The highest BCUT2D eigenvalue weighted by atomic mass is 16.5. The monoisotopic (exact) mass is 358 g/mol. The molecule has 2 rings (SSSR count). The maximum atomic E-state index is 12.9. The quantitative estimate of drug-likeness (QED) is 0.701. The lowest BCUT2D eigenvalue weighted by molar-refractivity contribution is -0.126. The molecule has 144 valence electrons. The number of ether oxygens (including phenoxy) is 1. The summed E-state index contributed by atoms with van der Waals surface area (Å²) in [6, 6.07) is 8.28. The molecule has 1 aromatic carbocycles. The topological polar surface area (TPSA) is 55.6 Å². The Morgan fingerprint density at radius 2 is 2.00 bits per heavy atom. The van der Waals surface area contributed by atoms with Gasteiger partial charge in [-0.2, -0.15) is 0 Å². The van der Waals surface area contributed by atoms with E-state index in [9.17, 15) is 4.79 Å². The van der Waals surface area contributed by atoms with Gasteiger partial charge >= 0.3 is 0 Å². The molecule has 4 nitrogen and oxygen atoms in total. The average molecular weight is 359 g/mol. The van der Waals surface area contributed by atoms with Crippen LogP contribution in [0.4, 0.5) is 0 Å². The van der Waals surface area contributed by atoms with Crippen LogP contribution >= 0.6 is 0 Å². The molecule has 1 aliphatic rings. The van der Waals surface area contributed by atoms with E-state index in [1.807, 2.05) is 36.2 Å². The summed E-state index contributed by atoms with van der Waals surface area (Å²) in [5, 5.41) is 0. The fourth-order valence-corrected chi connectivity index (χ4v) is 3.61. The predicted octanol–water partition coefficient (Wildman–Crippen LogP) is 4.39. The number of hydrogen-bond donors (Lipinski definition) is 1. The van der Waals surface area contributed by atoms with Gasteiger partial charge in [-0.3, -0.25) is 4.79 Å². The molecule has 0 bridgehead atoms. The van der Waals surface area contributed by atoms with Gasteiger partial charge in [0.2, 0.25) is 0 Å². The van der Waals surface area contributed by atoms with Crippen LogP contribution < -0.4 is 10.5 Å². The van der Waals surface area contributed by atoms with Crippen LogP contribution in [-0.4, -0.2) is 36.0 Å². The van der Waals surface area contributed by atoms with Crippen molar-refractivity contribution < 1.29 is 9.53 Å². The summed E-state index contributed by atoms with van der Waals surface area (Å²) in [6.07, 6.45) is 7.22. The van der Waals surface area contributed by atoms with Crippen molar-refractivity contribution in [1.82, 2.24) is 4.90 Å². The number of hydrogen-bond acceptors (Lipinski definition) is 3. The molecule has 2 N–H and O–H groups in total. The minimum atomic E-state index is -0.0109. The maximum absolute atomic E-state index is 12.9. The summed E-state index contributed by atoms with van der Waals surface area (Å²) in [6.45, 7) is 8.36. The Hall–Kier alpha value is -1.81. The molecule has 0 aliphatic heterocycles. The predicted molar refractivity (Wildman–Crippen MR) is 108 cm³/mol. The van der Waals surface area contributed by atoms with Crippen LogP contribution in [-0.2, 0) is 4.79 Å². The molecule has 0 aromatic heterocycles. The van der Waals surface area contributed by atoms with Crippen molar-refractivity contribution in [2.24, 2.45) is 5.73 Å². The third-order valence-electron chi connectivity index (χ3n) is 5.42. The van der Waals surface area contributed by atoms with E-state index in [2.05, 4.69) is 20.4 Å². The Bertz CT molecular complexity index is 606. The second-order valence-corrected chi connectivity index (χ2v) is 7.43. The van der Waals surface area contributed by atoms with E-state index in [-0.39, 0.29) is 24.1 Å². The van der Waals surface area contributed by atoms with E-state index < -0.39 is 0 Å². The lowest BCUT2D eigenvalue weighted by Gasteiger charge is -2.34. The van der Waals surface area contributed by atoms with Gasteiger partial charge in [0, 0.05) is 24.7 Å². The summed E-state index contributed by atoms with van der Waals surface area (Å²) in [4.78, 5) is 14.7. The van der Waals surface area contributed by atoms with E-state index >= 15 is 0 Å². The van der Waals surface area contributed by atoms with Gasteiger partial charge in [0.1, 0.15) is 5.75 Å². The largest absolute Gasteiger partial charge is 0.490 e. The highest BCUT2D eigenvalue weighted by Gasteiger charge is 2.26. The molecule has 0 heterocycles. The smallest absolute Gasteiger partial charge is 0.253 e. The van der Waals surface area contributed by atoms with Crippen LogP contribution in [0.5, 0.6) is 5.75 Å². The molecule has 1 atom stereocenters. The molecule has 1 saturated carbocycles. The molecule has 1 fully saturated rings. The number of carbonyl (C=O) groups excluding carboxylic acids is 1. The Morgan fingerprint density at radius 3 is 2.62 bits per heavy atom. The average Bonchev–Trinajstić information content (AvgIpc) is 2.66. The third kappa shape index (κ3) is 5.34. The van der Waals surface area contributed by atoms with Crippen LogP contribution in [0.25, 0.3) is 5.57 Å². The molecule has 1 aliphatic carbocycles. The van der Waals surface area contributed by atoms with Crippen LogP contribution in [0.3, 0.4) is 0 Å². The van der Waals surface area contributed by atoms with Gasteiger partial charge in [0.25, 0.3) is 5.91 Å².